The lowest BCUT2D eigenvalue weighted by atomic mass is 10.0. The first-order valence-corrected chi connectivity index (χ1v) is 6.23. The zero-order valence-corrected chi connectivity index (χ0v) is 11.3. The van der Waals surface area contributed by atoms with Gasteiger partial charge in [0.05, 0.1) is 5.56 Å². The molecule has 0 fully saturated rings. The Kier molecular flexibility index (Phi) is 3.81. The first-order chi connectivity index (χ1) is 9.41. The molecule has 1 atom stereocenters. The minimum atomic E-state index is -1.16. The average molecular weight is 294 g/mol. The molecular formula is C14H12ClNO4. The Morgan fingerprint density at radius 3 is 2.45 bits per heavy atom. The number of aromatic hydroxyl groups is 1. The molecule has 0 aromatic heterocycles. The summed E-state index contributed by atoms with van der Waals surface area (Å²) in [5, 5.41) is 22.5. The van der Waals surface area contributed by atoms with Gasteiger partial charge in [-0.1, -0.05) is 35.9 Å². The van der Waals surface area contributed by atoms with Crippen molar-refractivity contribution in [2.45, 2.75) is 13.0 Å². The van der Waals surface area contributed by atoms with E-state index in [0.29, 0.717) is 15.8 Å². The highest BCUT2D eigenvalue weighted by Crippen LogP contribution is 2.34. The average Bonchev–Trinajstić information content (AvgIpc) is 2.42. The van der Waals surface area contributed by atoms with Gasteiger partial charge in [-0.05, 0) is 13.0 Å². The maximum atomic E-state index is 12.0. The summed E-state index contributed by atoms with van der Waals surface area (Å²) in [5.41, 5.74) is -0.0539. The number of halogens is 1. The van der Waals surface area contributed by atoms with E-state index in [1.54, 1.807) is 24.3 Å². The fourth-order valence-electron chi connectivity index (χ4n) is 1.83. The predicted octanol–water partition coefficient (Wildman–Crippen LogP) is 2.40. The Morgan fingerprint density at radius 2 is 1.85 bits per heavy atom. The molecule has 20 heavy (non-hydrogen) atoms. The lowest BCUT2D eigenvalue weighted by Crippen LogP contribution is -2.38. The highest BCUT2D eigenvalue weighted by atomic mass is 35.5. The fraction of sp³-hybridized carbons (Fsp3) is 0.143. The number of carbonyl (C=O) groups is 2. The van der Waals surface area contributed by atoms with Crippen molar-refractivity contribution in [2.24, 2.45) is 0 Å². The van der Waals surface area contributed by atoms with Crippen LogP contribution in [0, 0.1) is 0 Å². The number of carboxylic acid groups (broad SMARTS) is 1. The molecule has 2 aromatic rings. The van der Waals surface area contributed by atoms with Gasteiger partial charge in [0.15, 0.2) is 0 Å². The van der Waals surface area contributed by atoms with Crippen LogP contribution in [-0.2, 0) is 4.79 Å². The van der Waals surface area contributed by atoms with Crippen LogP contribution in [-0.4, -0.2) is 28.1 Å². The smallest absolute Gasteiger partial charge is 0.325 e. The van der Waals surface area contributed by atoms with Gasteiger partial charge in [0.1, 0.15) is 11.8 Å². The van der Waals surface area contributed by atoms with E-state index in [4.69, 9.17) is 16.7 Å². The molecule has 0 aliphatic heterocycles. The third-order valence-corrected chi connectivity index (χ3v) is 3.24. The van der Waals surface area contributed by atoms with E-state index in [9.17, 15) is 14.7 Å². The third-order valence-electron chi connectivity index (χ3n) is 2.93. The number of benzene rings is 2. The number of rotatable bonds is 3. The normalized spacial score (nSPS) is 12.1. The molecule has 0 saturated carbocycles. The Bertz CT molecular complexity index is 699. The summed E-state index contributed by atoms with van der Waals surface area (Å²) in [6.07, 6.45) is 0. The fourth-order valence-corrected chi connectivity index (χ4v) is 2.10. The second kappa shape index (κ2) is 5.38. The summed E-state index contributed by atoms with van der Waals surface area (Å²) in [5.74, 6) is -2.07. The van der Waals surface area contributed by atoms with Crippen LogP contribution in [0.15, 0.2) is 30.3 Å². The van der Waals surface area contributed by atoms with Crippen molar-refractivity contribution < 1.29 is 19.8 Å². The van der Waals surface area contributed by atoms with Crippen LogP contribution < -0.4 is 5.32 Å². The number of hydrogen-bond acceptors (Lipinski definition) is 3. The van der Waals surface area contributed by atoms with Crippen molar-refractivity contribution in [3.63, 3.8) is 0 Å². The summed E-state index contributed by atoms with van der Waals surface area (Å²) in [7, 11) is 0. The quantitative estimate of drug-likeness (QED) is 0.811. The SMILES string of the molecule is C[C@H](NC(=O)c1cc(Cl)c2ccccc2c1O)C(=O)O. The van der Waals surface area contributed by atoms with Crippen LogP contribution in [0.3, 0.4) is 0 Å². The van der Waals surface area contributed by atoms with Crippen molar-refractivity contribution in [1.82, 2.24) is 5.32 Å². The minimum Gasteiger partial charge on any atom is -0.506 e. The maximum absolute atomic E-state index is 12.0. The number of carboxylic acids is 1. The van der Waals surface area contributed by atoms with Crippen molar-refractivity contribution in [2.75, 3.05) is 0 Å². The predicted molar refractivity (Wildman–Crippen MR) is 75.2 cm³/mol. The van der Waals surface area contributed by atoms with Crippen molar-refractivity contribution in [3.8, 4) is 5.75 Å². The molecule has 0 aliphatic carbocycles. The van der Waals surface area contributed by atoms with Crippen LogP contribution >= 0.6 is 11.6 Å². The molecule has 5 nitrogen and oxygen atoms in total. The van der Waals surface area contributed by atoms with E-state index >= 15 is 0 Å². The molecule has 0 aliphatic rings. The Balaban J connectivity index is 2.47. The molecule has 0 spiro atoms. The van der Waals surface area contributed by atoms with Gasteiger partial charge in [-0.3, -0.25) is 9.59 Å². The van der Waals surface area contributed by atoms with Crippen molar-refractivity contribution >= 4 is 34.2 Å². The van der Waals surface area contributed by atoms with Gasteiger partial charge in [0.25, 0.3) is 5.91 Å². The maximum Gasteiger partial charge on any atom is 0.325 e. The molecule has 0 heterocycles. The van der Waals surface area contributed by atoms with E-state index in [0.717, 1.165) is 0 Å². The Hall–Kier alpha value is -2.27. The van der Waals surface area contributed by atoms with Gasteiger partial charge in [-0.15, -0.1) is 0 Å². The molecule has 0 bridgehead atoms. The second-order valence-corrected chi connectivity index (χ2v) is 4.74. The molecule has 0 saturated heterocycles. The van der Waals surface area contributed by atoms with E-state index in [1.807, 2.05) is 0 Å². The third kappa shape index (κ3) is 2.53. The van der Waals surface area contributed by atoms with Gasteiger partial charge in [0, 0.05) is 15.8 Å². The van der Waals surface area contributed by atoms with Gasteiger partial charge in [-0.2, -0.15) is 0 Å². The molecule has 0 unspecified atom stereocenters. The number of aliphatic carboxylic acids is 1. The largest absolute Gasteiger partial charge is 0.506 e. The second-order valence-electron chi connectivity index (χ2n) is 4.33. The van der Waals surface area contributed by atoms with E-state index in [2.05, 4.69) is 5.32 Å². The molecule has 2 aromatic carbocycles. The monoisotopic (exact) mass is 293 g/mol. The standard InChI is InChI=1S/C14H12ClNO4/c1-7(14(19)20)16-13(18)10-6-11(15)8-4-2-3-5-9(8)12(10)17/h2-7,17H,1H3,(H,16,18)(H,19,20)/t7-/m0/s1. The topological polar surface area (TPSA) is 86.6 Å². The van der Waals surface area contributed by atoms with E-state index in [-0.39, 0.29) is 11.3 Å². The molecule has 0 radical (unpaired) electrons. The van der Waals surface area contributed by atoms with Crippen LogP contribution in [0.25, 0.3) is 10.8 Å². The number of fused-ring (bicyclic) bond motifs is 1. The summed E-state index contributed by atoms with van der Waals surface area (Å²) < 4.78 is 0. The zero-order chi connectivity index (χ0) is 14.9. The highest BCUT2D eigenvalue weighted by molar-refractivity contribution is 6.36. The van der Waals surface area contributed by atoms with E-state index in [1.165, 1.54) is 13.0 Å². The van der Waals surface area contributed by atoms with Crippen molar-refractivity contribution in [1.29, 1.82) is 0 Å². The summed E-state index contributed by atoms with van der Waals surface area (Å²) in [6, 6.07) is 7.09. The van der Waals surface area contributed by atoms with Crippen LogP contribution in [0.1, 0.15) is 17.3 Å². The zero-order valence-electron chi connectivity index (χ0n) is 10.6. The van der Waals surface area contributed by atoms with Gasteiger partial charge >= 0.3 is 5.97 Å². The highest BCUT2D eigenvalue weighted by Gasteiger charge is 2.20. The number of phenols is 1. The molecule has 2 rings (SSSR count). The van der Waals surface area contributed by atoms with Gasteiger partial charge < -0.3 is 15.5 Å². The molecule has 6 heteroatoms. The molecular weight excluding hydrogens is 282 g/mol. The lowest BCUT2D eigenvalue weighted by molar-refractivity contribution is -0.138. The number of amides is 1. The summed E-state index contributed by atoms with van der Waals surface area (Å²) in [4.78, 5) is 22.7. The Morgan fingerprint density at radius 1 is 1.25 bits per heavy atom. The van der Waals surface area contributed by atoms with Crippen LogP contribution in [0.5, 0.6) is 5.75 Å². The number of carbonyl (C=O) groups excluding carboxylic acids is 1. The molecule has 3 N–H and O–H groups in total. The lowest BCUT2D eigenvalue weighted by Gasteiger charge is -2.12. The van der Waals surface area contributed by atoms with Gasteiger partial charge in [0.2, 0.25) is 0 Å². The van der Waals surface area contributed by atoms with E-state index < -0.39 is 17.9 Å². The number of hydrogen-bond donors (Lipinski definition) is 3. The van der Waals surface area contributed by atoms with Crippen molar-refractivity contribution in [3.05, 3.63) is 40.9 Å². The van der Waals surface area contributed by atoms with Crippen LogP contribution in [0.4, 0.5) is 0 Å². The first-order valence-electron chi connectivity index (χ1n) is 5.85. The summed E-state index contributed by atoms with van der Waals surface area (Å²) >= 11 is 6.07. The minimum absolute atomic E-state index is 0.0539. The summed E-state index contributed by atoms with van der Waals surface area (Å²) in [6.45, 7) is 1.33. The number of phenolic OH excluding ortho intramolecular Hbond substituents is 1. The number of nitrogens with one attached hydrogen (secondary N) is 1. The van der Waals surface area contributed by atoms with Crippen LogP contribution in [0.2, 0.25) is 5.02 Å². The Labute approximate surface area is 119 Å². The molecule has 1 amide bonds. The van der Waals surface area contributed by atoms with Gasteiger partial charge in [-0.25, -0.2) is 0 Å². The first kappa shape index (κ1) is 14.1. The molecule has 104 valence electrons.